The van der Waals surface area contributed by atoms with Crippen molar-refractivity contribution < 1.29 is 67.1 Å². The van der Waals surface area contributed by atoms with Gasteiger partial charge in [0, 0.05) is 31.2 Å². The number of carbonyl (C=O) groups excluding carboxylic acids is 8. The Bertz CT molecular complexity index is 2020. The number of carbonyl (C=O) groups is 8. The number of nitrogens with one attached hydrogen (secondary N) is 3. The fraction of sp³-hybridized carbons (Fsp3) is 0.704. The van der Waals surface area contributed by atoms with Gasteiger partial charge in [0.1, 0.15) is 53.6 Å². The van der Waals surface area contributed by atoms with Crippen molar-refractivity contribution in [3.8, 4) is 0 Å². The van der Waals surface area contributed by atoms with Gasteiger partial charge in [0.2, 0.25) is 17.7 Å². The van der Waals surface area contributed by atoms with Crippen molar-refractivity contribution in [1.82, 2.24) is 25.8 Å². The standard InChI is InChI=1S/C27H41N3O7.C20H30N2O5.C7H11NO2/c1-4-6-7-8-9-14-21(28-26(35)37-20-12-10-11-13-20)24(33)30-17-19(31)15-22(30)23(32)29-27(25(34)36-3)16-18(27)5-2;1-2-3-4-5-6-11-16(21-20(25)27-14-9-7-8-10-14)18(23)22-13-15-12-17(22)19(24)26-15;1-3-5-4-7(5,8)6(9)10-2/h4-5,18-22,31H,1-2,6-17H2,3H3,(H,28,35)(H,29,32);2,14-17H,1,3-13H2,(H,21,25);3,5H,1,4,8H2,2H3/t18-,19+,21+,22+,27-;15?,16-,17?;5-,7-/m101/s1. The Balaban J connectivity index is 0.000000238. The largest absolute Gasteiger partial charge is 0.468 e. The SMILES string of the molecule is C=CCCCCC[C@H](NC(=O)OC1CCCC1)C(=O)N1CC2CC1C(=O)O2.C=CCCCCC[C@H](NC(=O)OC1CCCC1)C(=O)N1C[C@@H](O)C[C@H]1C(=O)N[C@]1(C(=O)OC)C[C@H]1C=C.C=C[C@@H]1C[C@]1(N)C(=O)OC. The number of rotatable bonds is 24. The van der Waals surface area contributed by atoms with Crippen LogP contribution in [-0.4, -0.2) is 150 Å². The number of fused-ring (bicyclic) bond motifs is 2. The molecule has 7 rings (SSSR count). The second kappa shape index (κ2) is 28.2. The molecule has 0 spiro atoms. The monoisotopic (exact) mass is 1040 g/mol. The van der Waals surface area contributed by atoms with Crippen LogP contribution in [0.1, 0.15) is 141 Å². The second-order valence-corrected chi connectivity index (χ2v) is 20.6. The van der Waals surface area contributed by atoms with E-state index in [2.05, 4.69) is 47.0 Å². The summed E-state index contributed by atoms with van der Waals surface area (Å²) in [6, 6.07) is -3.03. The summed E-state index contributed by atoms with van der Waals surface area (Å²) in [5.74, 6) is -2.60. The van der Waals surface area contributed by atoms with Crippen LogP contribution in [-0.2, 0) is 52.5 Å². The lowest BCUT2D eigenvalue weighted by atomic mass is 10.0. The molecule has 0 radical (unpaired) electrons. The molecule has 74 heavy (non-hydrogen) atoms. The summed E-state index contributed by atoms with van der Waals surface area (Å²) in [5.41, 5.74) is 3.65. The average molecular weight is 1040 g/mol. The van der Waals surface area contributed by atoms with E-state index in [1.807, 2.05) is 12.2 Å². The smallest absolute Gasteiger partial charge is 0.408 e. The molecule has 2 bridgehead atoms. The molecule has 20 heteroatoms. The number of likely N-dealkylation sites (tertiary alicyclic amines) is 2. The first kappa shape index (κ1) is 59.1. The fourth-order valence-electron chi connectivity index (χ4n) is 10.6. The predicted molar refractivity (Wildman–Crippen MR) is 272 cm³/mol. The van der Waals surface area contributed by atoms with Gasteiger partial charge in [0.05, 0.1) is 26.9 Å². The van der Waals surface area contributed by atoms with E-state index in [0.29, 0.717) is 45.1 Å². The predicted octanol–water partition coefficient (Wildman–Crippen LogP) is 5.11. The molecule has 412 valence electrons. The minimum atomic E-state index is -1.20. The summed E-state index contributed by atoms with van der Waals surface area (Å²) >= 11 is 0. The molecule has 7 aliphatic rings. The summed E-state index contributed by atoms with van der Waals surface area (Å²) in [6.07, 6.45) is 21.7. The number of nitrogens with two attached hydrogens (primary N) is 1. The third kappa shape index (κ3) is 15.9. The van der Waals surface area contributed by atoms with E-state index in [1.165, 1.54) is 19.1 Å². The van der Waals surface area contributed by atoms with Crippen LogP contribution in [0.3, 0.4) is 0 Å². The molecular weight excluding hydrogens is 957 g/mol. The number of ether oxygens (including phenoxy) is 5. The number of hydrogen-bond acceptors (Lipinski definition) is 15. The van der Waals surface area contributed by atoms with Crippen molar-refractivity contribution >= 4 is 47.8 Å². The van der Waals surface area contributed by atoms with Crippen molar-refractivity contribution in [2.24, 2.45) is 17.6 Å². The van der Waals surface area contributed by atoms with Crippen molar-refractivity contribution in [3.05, 3.63) is 50.6 Å². The number of β-amino-alcohol motifs (C(OH)–C–C–N with tert-alkyl or cyclic N) is 1. The highest BCUT2D eigenvalue weighted by atomic mass is 16.6. The van der Waals surface area contributed by atoms with E-state index in [9.17, 15) is 43.5 Å². The van der Waals surface area contributed by atoms with Gasteiger partial charge in [-0.3, -0.25) is 19.2 Å². The number of amides is 5. The molecular formula is C54H82N6O14. The molecule has 3 heterocycles. The number of aliphatic hydroxyl groups excluding tert-OH is 1. The van der Waals surface area contributed by atoms with Crippen LogP contribution in [0.15, 0.2) is 50.6 Å². The van der Waals surface area contributed by atoms with Crippen LogP contribution in [0.2, 0.25) is 0 Å². The number of esters is 3. The summed E-state index contributed by atoms with van der Waals surface area (Å²) < 4.78 is 25.5. The Hall–Kier alpha value is -5.76. The molecule has 3 aliphatic heterocycles. The molecule has 4 aliphatic carbocycles. The van der Waals surface area contributed by atoms with Gasteiger partial charge in [-0.25, -0.2) is 19.2 Å². The summed E-state index contributed by atoms with van der Waals surface area (Å²) in [7, 11) is 2.59. The first-order chi connectivity index (χ1) is 35.5. The number of allylic oxidation sites excluding steroid dienone is 2. The Kier molecular flexibility index (Phi) is 22.5. The van der Waals surface area contributed by atoms with E-state index >= 15 is 0 Å². The van der Waals surface area contributed by atoms with Gasteiger partial charge in [-0.05, 0) is 103 Å². The highest BCUT2D eigenvalue weighted by Gasteiger charge is 2.62. The first-order valence-corrected chi connectivity index (χ1v) is 26.7. The van der Waals surface area contributed by atoms with Gasteiger partial charge in [-0.1, -0.05) is 50.0 Å². The van der Waals surface area contributed by atoms with E-state index in [-0.39, 0.29) is 61.0 Å². The van der Waals surface area contributed by atoms with Gasteiger partial charge in [-0.15, -0.1) is 26.3 Å². The van der Waals surface area contributed by atoms with Crippen LogP contribution in [0.5, 0.6) is 0 Å². The second-order valence-electron chi connectivity index (χ2n) is 20.6. The molecule has 5 amide bonds. The van der Waals surface area contributed by atoms with Crippen LogP contribution in [0.4, 0.5) is 9.59 Å². The zero-order chi connectivity index (χ0) is 54.0. The van der Waals surface area contributed by atoms with E-state index < -0.39 is 71.3 Å². The lowest BCUT2D eigenvalue weighted by Gasteiger charge is -2.30. The lowest BCUT2D eigenvalue weighted by Crippen LogP contribution is -2.56. The summed E-state index contributed by atoms with van der Waals surface area (Å²) in [5, 5.41) is 18.6. The number of alkyl carbamates (subject to hydrolysis) is 2. The van der Waals surface area contributed by atoms with Crippen LogP contribution < -0.4 is 21.7 Å². The molecule has 0 aromatic carbocycles. The fourth-order valence-corrected chi connectivity index (χ4v) is 10.6. The third-order valence-electron chi connectivity index (χ3n) is 15.2. The molecule has 0 aromatic rings. The van der Waals surface area contributed by atoms with Crippen molar-refractivity contribution in [1.29, 1.82) is 0 Å². The number of morpholine rings is 1. The zero-order valence-corrected chi connectivity index (χ0v) is 43.6. The van der Waals surface area contributed by atoms with Crippen molar-refractivity contribution in [3.63, 3.8) is 0 Å². The van der Waals surface area contributed by atoms with Gasteiger partial charge in [0.25, 0.3) is 0 Å². The molecule has 6 N–H and O–H groups in total. The van der Waals surface area contributed by atoms with Crippen LogP contribution in [0.25, 0.3) is 0 Å². The topological polar surface area (TPSA) is 272 Å². The number of aliphatic hydroxyl groups is 1. The molecule has 10 atom stereocenters. The number of nitrogens with zero attached hydrogens (tertiary/aromatic N) is 2. The highest BCUT2D eigenvalue weighted by molar-refractivity contribution is 5.97. The van der Waals surface area contributed by atoms with Crippen LogP contribution in [0, 0.1) is 11.8 Å². The Morgan fingerprint density at radius 3 is 1.66 bits per heavy atom. The zero-order valence-electron chi connectivity index (χ0n) is 43.6. The maximum Gasteiger partial charge on any atom is 0.408 e. The van der Waals surface area contributed by atoms with E-state index in [1.54, 1.807) is 17.1 Å². The minimum Gasteiger partial charge on any atom is -0.468 e. The maximum atomic E-state index is 13.6. The molecule has 3 saturated heterocycles. The molecule has 2 unspecified atom stereocenters. The van der Waals surface area contributed by atoms with E-state index in [0.717, 1.165) is 96.3 Å². The molecule has 7 fully saturated rings. The van der Waals surface area contributed by atoms with Crippen molar-refractivity contribution in [2.75, 3.05) is 27.3 Å². The summed E-state index contributed by atoms with van der Waals surface area (Å²) in [4.78, 5) is 103. The molecule has 4 saturated carbocycles. The first-order valence-electron chi connectivity index (χ1n) is 26.7. The van der Waals surface area contributed by atoms with Gasteiger partial charge >= 0.3 is 30.1 Å². The third-order valence-corrected chi connectivity index (χ3v) is 15.2. The number of hydrogen-bond donors (Lipinski definition) is 5. The Morgan fingerprint density at radius 2 is 1.23 bits per heavy atom. The van der Waals surface area contributed by atoms with Gasteiger partial charge < -0.3 is 60.3 Å². The maximum absolute atomic E-state index is 13.6. The van der Waals surface area contributed by atoms with E-state index in [4.69, 9.17) is 24.7 Å². The number of unbranched alkanes of at least 4 members (excludes halogenated alkanes) is 6. The van der Waals surface area contributed by atoms with Gasteiger partial charge in [0.15, 0.2) is 0 Å². The van der Waals surface area contributed by atoms with Crippen LogP contribution >= 0.6 is 0 Å². The van der Waals surface area contributed by atoms with Crippen molar-refractivity contribution in [2.45, 2.75) is 201 Å². The lowest BCUT2D eigenvalue weighted by molar-refractivity contribution is -0.157. The Labute approximate surface area is 435 Å². The highest BCUT2D eigenvalue weighted by Crippen LogP contribution is 2.46. The quantitative estimate of drug-likeness (QED) is 0.0364. The van der Waals surface area contributed by atoms with Gasteiger partial charge in [-0.2, -0.15) is 0 Å². The Morgan fingerprint density at radius 1 is 0.716 bits per heavy atom. The average Bonchev–Trinajstić information content (AvgIpc) is 3.79. The number of methoxy groups -OCH3 is 2. The molecule has 0 aromatic heterocycles. The summed E-state index contributed by atoms with van der Waals surface area (Å²) in [6.45, 7) is 15.1. The minimum absolute atomic E-state index is 0.0339. The molecule has 20 nitrogen and oxygen atoms in total. The normalized spacial score (nSPS) is 28.1.